The molecule has 1 amide bonds. The summed E-state index contributed by atoms with van der Waals surface area (Å²) in [5, 5.41) is 11.0. The van der Waals surface area contributed by atoms with Crippen LogP contribution in [-0.4, -0.2) is 27.8 Å². The Kier molecular flexibility index (Phi) is 3.57. The molecule has 0 aliphatic heterocycles. The number of carbonyl (C=O) groups is 2. The first kappa shape index (κ1) is 11.3. The van der Waals surface area contributed by atoms with Crippen molar-refractivity contribution in [1.29, 1.82) is 0 Å². The fraction of sp³-hybridized carbons (Fsp3) is 0.714. The predicted molar refractivity (Wildman–Crippen MR) is 46.9 cm³/mol. The van der Waals surface area contributed by atoms with E-state index < -0.39 is 16.8 Å². The van der Waals surface area contributed by atoms with E-state index in [2.05, 4.69) is 5.32 Å². The monoisotopic (exact) mass is 190 g/mol. The van der Waals surface area contributed by atoms with Crippen LogP contribution in [0.15, 0.2) is 0 Å². The van der Waals surface area contributed by atoms with Gasteiger partial charge in [0.1, 0.15) is 6.04 Å². The van der Waals surface area contributed by atoms with Gasteiger partial charge in [-0.15, -0.1) is 0 Å². The number of hydrogen-bond donors (Lipinski definition) is 2. The lowest BCUT2D eigenvalue weighted by Crippen LogP contribution is -2.50. The van der Waals surface area contributed by atoms with Crippen molar-refractivity contribution in [1.82, 2.24) is 5.32 Å². The van der Waals surface area contributed by atoms with Crippen LogP contribution in [0.1, 0.15) is 20.8 Å². The van der Waals surface area contributed by atoms with Crippen LogP contribution in [0.2, 0.25) is 0 Å². The largest absolute Gasteiger partial charge is 0.480 e. The maximum Gasteiger partial charge on any atom is 0.327 e. The van der Waals surface area contributed by atoms with Crippen molar-refractivity contribution in [2.45, 2.75) is 31.6 Å². The molecule has 0 aliphatic carbocycles. The minimum absolute atomic E-state index is 0.389. The maximum absolute atomic E-state index is 10.6. The van der Waals surface area contributed by atoms with Crippen molar-refractivity contribution < 1.29 is 14.7 Å². The van der Waals surface area contributed by atoms with Crippen molar-refractivity contribution in [2.75, 3.05) is 0 Å². The number of carboxylic acid groups (broad SMARTS) is 1. The van der Waals surface area contributed by atoms with Gasteiger partial charge < -0.3 is 10.4 Å². The molecule has 69 valence electrons. The summed E-state index contributed by atoms with van der Waals surface area (Å²) in [7, 11) is 0. The van der Waals surface area contributed by atoms with E-state index in [1.807, 2.05) is 0 Å². The second kappa shape index (κ2) is 3.80. The van der Waals surface area contributed by atoms with E-state index in [1.165, 1.54) is 6.92 Å². The zero-order valence-corrected chi connectivity index (χ0v) is 8.07. The van der Waals surface area contributed by atoms with Crippen molar-refractivity contribution in [3.8, 4) is 0 Å². The summed E-state index contributed by atoms with van der Waals surface area (Å²) < 4.78 is -0.877. The van der Waals surface area contributed by atoms with Gasteiger partial charge in [-0.25, -0.2) is 4.79 Å². The van der Waals surface area contributed by atoms with Crippen LogP contribution in [0.3, 0.4) is 0 Å². The first-order chi connectivity index (χ1) is 5.25. The number of nitrogens with one attached hydrogen (secondary N) is 1. The second-order valence-corrected chi connectivity index (χ2v) is 4.13. The van der Waals surface area contributed by atoms with E-state index in [4.69, 9.17) is 17.7 Å². The van der Waals surface area contributed by atoms with Gasteiger partial charge in [-0.3, -0.25) is 4.79 Å². The van der Waals surface area contributed by atoms with Crippen LogP contribution in [0.5, 0.6) is 0 Å². The predicted octanol–water partition coefficient (Wildman–Crippen LogP) is 0.552. The van der Waals surface area contributed by atoms with E-state index in [-0.39, 0.29) is 5.91 Å². The summed E-state index contributed by atoms with van der Waals surface area (Å²) >= 11 is 4.91. The fourth-order valence-electron chi connectivity index (χ4n) is 0.736. The lowest BCUT2D eigenvalue weighted by Gasteiger charge is -2.25. The molecule has 0 fully saturated rings. The van der Waals surface area contributed by atoms with Gasteiger partial charge in [-0.2, -0.15) is 0 Å². The van der Waals surface area contributed by atoms with Crippen LogP contribution in [0.4, 0.5) is 0 Å². The summed E-state index contributed by atoms with van der Waals surface area (Å²) in [5.41, 5.74) is 0. The van der Waals surface area contributed by atoms with Gasteiger partial charge in [0, 0.05) is 6.92 Å². The molecule has 0 aromatic carbocycles. The Labute approximate surface area is 76.8 Å². The Hall–Kier alpha value is -0.710. The molecule has 0 bridgehead atoms. The third kappa shape index (κ3) is 3.61. The molecular weight excluding hydrogens is 178 g/mol. The number of rotatable bonds is 3. The standard InChI is InChI=1S/C7H12NO3S/c1-4(9)8-5(6(10)11)7(2,3)12/h5H,1-3H3,(H,8,9)(H,10,11)/t5-/m0/s1. The Bertz CT molecular complexity index is 197. The van der Waals surface area contributed by atoms with E-state index in [0.717, 1.165) is 0 Å². The normalized spacial score (nSPS) is 13.7. The molecule has 0 spiro atoms. The second-order valence-electron chi connectivity index (χ2n) is 3.08. The number of amides is 1. The van der Waals surface area contributed by atoms with E-state index >= 15 is 0 Å². The third-order valence-electron chi connectivity index (χ3n) is 1.29. The fourth-order valence-corrected chi connectivity index (χ4v) is 0.896. The molecule has 0 aliphatic rings. The molecule has 0 saturated carbocycles. The molecule has 1 radical (unpaired) electrons. The molecule has 0 saturated heterocycles. The van der Waals surface area contributed by atoms with Gasteiger partial charge in [0.2, 0.25) is 5.91 Å². The molecule has 4 nitrogen and oxygen atoms in total. The zero-order valence-electron chi connectivity index (χ0n) is 7.25. The molecule has 2 N–H and O–H groups in total. The van der Waals surface area contributed by atoms with Crippen molar-refractivity contribution in [3.63, 3.8) is 0 Å². The van der Waals surface area contributed by atoms with Gasteiger partial charge in [0.15, 0.2) is 0 Å². The molecule has 0 aromatic heterocycles. The minimum atomic E-state index is -1.11. The molecule has 12 heavy (non-hydrogen) atoms. The quantitative estimate of drug-likeness (QED) is 0.683. The number of carboxylic acids is 1. The Morgan fingerprint density at radius 1 is 1.50 bits per heavy atom. The van der Waals surface area contributed by atoms with Crippen LogP contribution in [0.25, 0.3) is 0 Å². The third-order valence-corrected chi connectivity index (χ3v) is 1.53. The molecule has 1 atom stereocenters. The highest BCUT2D eigenvalue weighted by atomic mass is 32.1. The summed E-state index contributed by atoms with van der Waals surface area (Å²) in [4.78, 5) is 21.2. The SMILES string of the molecule is CC(=O)N[C@@H](C(=O)O)C(C)(C)[S]. The molecular formula is C7H12NO3S. The van der Waals surface area contributed by atoms with Crippen molar-refractivity contribution in [3.05, 3.63) is 0 Å². The Morgan fingerprint density at radius 2 is 1.92 bits per heavy atom. The lowest BCUT2D eigenvalue weighted by molar-refractivity contribution is -0.142. The summed E-state index contributed by atoms with van der Waals surface area (Å²) in [5.74, 6) is -1.49. The summed E-state index contributed by atoms with van der Waals surface area (Å²) in [6.07, 6.45) is 0. The Morgan fingerprint density at radius 3 is 2.00 bits per heavy atom. The highest BCUT2D eigenvalue weighted by molar-refractivity contribution is 7.81. The average Bonchev–Trinajstić information content (AvgIpc) is 1.79. The summed E-state index contributed by atoms with van der Waals surface area (Å²) in [6, 6.07) is -1.01. The van der Waals surface area contributed by atoms with Gasteiger partial charge in [-0.1, -0.05) is 12.6 Å². The van der Waals surface area contributed by atoms with Gasteiger partial charge in [-0.05, 0) is 13.8 Å². The lowest BCUT2D eigenvalue weighted by atomic mass is 10.0. The van der Waals surface area contributed by atoms with E-state index in [1.54, 1.807) is 13.8 Å². The van der Waals surface area contributed by atoms with E-state index in [9.17, 15) is 9.59 Å². The van der Waals surface area contributed by atoms with Gasteiger partial charge in [0.25, 0.3) is 0 Å². The average molecular weight is 190 g/mol. The molecule has 0 rings (SSSR count). The maximum atomic E-state index is 10.6. The van der Waals surface area contributed by atoms with E-state index in [0.29, 0.717) is 0 Å². The summed E-state index contributed by atoms with van der Waals surface area (Å²) in [6.45, 7) is 4.42. The van der Waals surface area contributed by atoms with Crippen molar-refractivity contribution >= 4 is 24.5 Å². The first-order valence-corrected chi connectivity index (χ1v) is 3.86. The Balaban J connectivity index is 4.46. The van der Waals surface area contributed by atoms with Crippen LogP contribution < -0.4 is 5.32 Å². The topological polar surface area (TPSA) is 66.4 Å². The van der Waals surface area contributed by atoms with Crippen molar-refractivity contribution in [2.24, 2.45) is 0 Å². The first-order valence-electron chi connectivity index (χ1n) is 3.45. The highest BCUT2D eigenvalue weighted by Crippen LogP contribution is 2.17. The van der Waals surface area contributed by atoms with Gasteiger partial charge >= 0.3 is 5.97 Å². The highest BCUT2D eigenvalue weighted by Gasteiger charge is 2.33. The number of carbonyl (C=O) groups excluding carboxylic acids is 1. The van der Waals surface area contributed by atoms with Crippen LogP contribution >= 0.6 is 12.6 Å². The number of aliphatic carboxylic acids is 1. The molecule has 0 aromatic rings. The molecule has 5 heteroatoms. The number of hydrogen-bond acceptors (Lipinski definition) is 2. The molecule has 0 heterocycles. The smallest absolute Gasteiger partial charge is 0.327 e. The molecule has 0 unspecified atom stereocenters. The minimum Gasteiger partial charge on any atom is -0.480 e. The van der Waals surface area contributed by atoms with Crippen LogP contribution in [-0.2, 0) is 9.59 Å². The van der Waals surface area contributed by atoms with Gasteiger partial charge in [0.05, 0.1) is 4.75 Å². The van der Waals surface area contributed by atoms with Crippen LogP contribution in [0, 0.1) is 0 Å². The zero-order chi connectivity index (χ0) is 9.94.